The fraction of sp³-hybridized carbons (Fsp3) is 0.350. The Hall–Kier alpha value is -2.33. The van der Waals surface area contributed by atoms with Crippen LogP contribution in [0.4, 0.5) is 5.69 Å². The molecule has 1 heterocycles. The van der Waals surface area contributed by atoms with Crippen LogP contribution in [0.1, 0.15) is 42.7 Å². The van der Waals surface area contributed by atoms with E-state index < -0.39 is 11.8 Å². The van der Waals surface area contributed by atoms with Gasteiger partial charge in [-0.05, 0) is 36.1 Å². The van der Waals surface area contributed by atoms with Gasteiger partial charge in [-0.25, -0.2) is 5.48 Å². The lowest BCUT2D eigenvalue weighted by Crippen LogP contribution is -2.27. The molecular weight excluding hydrogens is 300 g/mol. The van der Waals surface area contributed by atoms with Gasteiger partial charge in [0.2, 0.25) is 0 Å². The average molecular weight is 324 g/mol. The Morgan fingerprint density at radius 3 is 2.04 bits per heavy atom. The van der Waals surface area contributed by atoms with Crippen LogP contribution in [0.2, 0.25) is 0 Å². The van der Waals surface area contributed by atoms with E-state index in [2.05, 4.69) is 17.0 Å². The second-order valence-electron chi connectivity index (χ2n) is 6.31. The molecule has 1 unspecified atom stereocenters. The molecule has 1 saturated heterocycles. The second kappa shape index (κ2) is 7.97. The molecule has 2 N–H and O–H groups in total. The van der Waals surface area contributed by atoms with E-state index in [1.807, 2.05) is 42.5 Å². The van der Waals surface area contributed by atoms with E-state index in [1.165, 1.54) is 31.4 Å². The number of hydroxylamine groups is 1. The van der Waals surface area contributed by atoms with E-state index in [-0.39, 0.29) is 0 Å². The smallest absolute Gasteiger partial charge is 0.255 e. The molecule has 0 radical (unpaired) electrons. The zero-order valence-electron chi connectivity index (χ0n) is 13.8. The molecule has 2 aromatic carbocycles. The number of amides is 1. The van der Waals surface area contributed by atoms with Crippen LogP contribution in [0, 0.1) is 0 Å². The molecule has 4 nitrogen and oxygen atoms in total. The van der Waals surface area contributed by atoms with Crippen molar-refractivity contribution >= 4 is 11.6 Å². The molecule has 1 atom stereocenters. The zero-order chi connectivity index (χ0) is 16.8. The average Bonchev–Trinajstić information content (AvgIpc) is 2.93. The molecule has 4 heteroatoms. The largest absolute Gasteiger partial charge is 0.372 e. The van der Waals surface area contributed by atoms with Crippen molar-refractivity contribution in [3.63, 3.8) is 0 Å². The van der Waals surface area contributed by atoms with Crippen LogP contribution in [0.25, 0.3) is 0 Å². The summed E-state index contributed by atoms with van der Waals surface area (Å²) in [5.41, 5.74) is 4.75. The lowest BCUT2D eigenvalue weighted by atomic mass is 9.90. The molecule has 126 valence electrons. The topological polar surface area (TPSA) is 52.6 Å². The lowest BCUT2D eigenvalue weighted by Gasteiger charge is -2.23. The second-order valence-corrected chi connectivity index (χ2v) is 6.31. The first-order valence-electron chi connectivity index (χ1n) is 8.63. The molecule has 1 fully saturated rings. The summed E-state index contributed by atoms with van der Waals surface area (Å²) < 4.78 is 0. The highest BCUT2D eigenvalue weighted by atomic mass is 16.5. The Morgan fingerprint density at radius 1 is 0.875 bits per heavy atom. The van der Waals surface area contributed by atoms with Crippen LogP contribution < -0.4 is 10.4 Å². The van der Waals surface area contributed by atoms with Crippen LogP contribution in [0.15, 0.2) is 54.6 Å². The summed E-state index contributed by atoms with van der Waals surface area (Å²) in [6.07, 6.45) is 5.09. The summed E-state index contributed by atoms with van der Waals surface area (Å²) in [4.78, 5) is 14.6. The van der Waals surface area contributed by atoms with Gasteiger partial charge < -0.3 is 4.90 Å². The minimum Gasteiger partial charge on any atom is -0.372 e. The van der Waals surface area contributed by atoms with Gasteiger partial charge >= 0.3 is 0 Å². The Labute approximate surface area is 143 Å². The lowest BCUT2D eigenvalue weighted by molar-refractivity contribution is -0.129. The van der Waals surface area contributed by atoms with Crippen molar-refractivity contribution in [2.24, 2.45) is 0 Å². The van der Waals surface area contributed by atoms with Crippen molar-refractivity contribution < 1.29 is 10.0 Å². The maximum absolute atomic E-state index is 12.2. The number of carbonyl (C=O) groups is 1. The molecule has 1 aliphatic heterocycles. The van der Waals surface area contributed by atoms with Crippen molar-refractivity contribution in [2.45, 2.75) is 31.6 Å². The van der Waals surface area contributed by atoms with Crippen LogP contribution in [-0.2, 0) is 4.79 Å². The van der Waals surface area contributed by atoms with Gasteiger partial charge in [0.15, 0.2) is 0 Å². The van der Waals surface area contributed by atoms with Gasteiger partial charge in [-0.1, -0.05) is 55.3 Å². The summed E-state index contributed by atoms with van der Waals surface area (Å²) >= 11 is 0. The minimum atomic E-state index is -0.505. The fourth-order valence-corrected chi connectivity index (χ4v) is 3.41. The normalized spacial score (nSPS) is 16.3. The number of rotatable bonds is 4. The van der Waals surface area contributed by atoms with Gasteiger partial charge in [0.05, 0.1) is 5.92 Å². The van der Waals surface area contributed by atoms with E-state index in [0.29, 0.717) is 0 Å². The first-order valence-corrected chi connectivity index (χ1v) is 8.63. The van der Waals surface area contributed by atoms with Gasteiger partial charge in [-0.15, -0.1) is 0 Å². The molecule has 24 heavy (non-hydrogen) atoms. The van der Waals surface area contributed by atoms with E-state index >= 15 is 0 Å². The molecule has 0 spiro atoms. The van der Waals surface area contributed by atoms with Crippen LogP contribution in [0.3, 0.4) is 0 Å². The van der Waals surface area contributed by atoms with Crippen LogP contribution in [-0.4, -0.2) is 24.2 Å². The molecule has 0 aromatic heterocycles. The van der Waals surface area contributed by atoms with Crippen molar-refractivity contribution in [3.05, 3.63) is 65.7 Å². The third kappa shape index (κ3) is 3.77. The summed E-state index contributed by atoms with van der Waals surface area (Å²) in [5.74, 6) is -0.918. The summed E-state index contributed by atoms with van der Waals surface area (Å²) in [5, 5.41) is 9.11. The van der Waals surface area contributed by atoms with Gasteiger partial charge in [-0.2, -0.15) is 0 Å². The predicted molar refractivity (Wildman–Crippen MR) is 95.3 cm³/mol. The molecule has 0 bridgehead atoms. The van der Waals surface area contributed by atoms with Crippen molar-refractivity contribution in [1.82, 2.24) is 5.48 Å². The summed E-state index contributed by atoms with van der Waals surface area (Å²) in [6.45, 7) is 2.19. The van der Waals surface area contributed by atoms with Crippen LogP contribution >= 0.6 is 0 Å². The predicted octanol–water partition coefficient (Wildman–Crippen LogP) is 3.70. The van der Waals surface area contributed by atoms with Gasteiger partial charge in [-0.3, -0.25) is 10.0 Å². The van der Waals surface area contributed by atoms with Crippen molar-refractivity contribution in [2.75, 3.05) is 18.0 Å². The van der Waals surface area contributed by atoms with Crippen molar-refractivity contribution in [3.8, 4) is 0 Å². The number of anilines is 1. The number of nitrogens with one attached hydrogen (secondary N) is 1. The summed E-state index contributed by atoms with van der Waals surface area (Å²) in [6, 6.07) is 17.7. The Morgan fingerprint density at radius 2 is 1.46 bits per heavy atom. The third-order valence-electron chi connectivity index (χ3n) is 4.70. The molecule has 2 aromatic rings. The van der Waals surface area contributed by atoms with Gasteiger partial charge in [0.25, 0.3) is 5.91 Å². The molecular formula is C20H24N2O2. The van der Waals surface area contributed by atoms with E-state index in [4.69, 9.17) is 5.21 Å². The third-order valence-corrected chi connectivity index (χ3v) is 4.70. The van der Waals surface area contributed by atoms with E-state index in [1.54, 1.807) is 5.48 Å². The standard InChI is InChI=1S/C20H24N2O2/c23-20(21-24)19(16-8-4-3-5-9-16)17-10-12-18(13-11-17)22-14-6-1-2-7-15-22/h3-5,8-13,19,24H,1-2,6-7,14-15H2,(H,21,23). The first-order chi connectivity index (χ1) is 11.8. The SMILES string of the molecule is O=C(NO)C(c1ccccc1)c1ccc(N2CCCCCC2)cc1. The first kappa shape index (κ1) is 16.5. The highest BCUT2D eigenvalue weighted by Crippen LogP contribution is 2.27. The monoisotopic (exact) mass is 324 g/mol. The molecule has 1 amide bonds. The molecule has 1 aliphatic rings. The summed E-state index contributed by atoms with van der Waals surface area (Å²) in [7, 11) is 0. The number of carbonyl (C=O) groups excluding carboxylic acids is 1. The van der Waals surface area contributed by atoms with Crippen molar-refractivity contribution in [1.29, 1.82) is 0 Å². The fourth-order valence-electron chi connectivity index (χ4n) is 3.41. The number of hydrogen-bond donors (Lipinski definition) is 2. The van der Waals surface area contributed by atoms with Crippen LogP contribution in [0.5, 0.6) is 0 Å². The Bertz CT molecular complexity index is 647. The van der Waals surface area contributed by atoms with Gasteiger partial charge in [0, 0.05) is 18.8 Å². The Balaban J connectivity index is 1.85. The number of benzene rings is 2. The maximum atomic E-state index is 12.2. The highest BCUT2D eigenvalue weighted by Gasteiger charge is 2.22. The number of hydrogen-bond acceptors (Lipinski definition) is 3. The molecule has 3 rings (SSSR count). The zero-order valence-corrected chi connectivity index (χ0v) is 13.8. The van der Waals surface area contributed by atoms with Gasteiger partial charge in [0.1, 0.15) is 0 Å². The number of nitrogens with zero attached hydrogens (tertiary/aromatic N) is 1. The molecule has 0 aliphatic carbocycles. The minimum absolute atomic E-state index is 0.413. The Kier molecular flexibility index (Phi) is 5.49. The van der Waals surface area contributed by atoms with E-state index in [0.717, 1.165) is 24.2 Å². The molecule has 0 saturated carbocycles. The highest BCUT2D eigenvalue weighted by molar-refractivity contribution is 5.86. The van der Waals surface area contributed by atoms with E-state index in [9.17, 15) is 4.79 Å². The maximum Gasteiger partial charge on any atom is 0.255 e. The quantitative estimate of drug-likeness (QED) is 0.666.